The molecular formula is C15H24N2O. The predicted molar refractivity (Wildman–Crippen MR) is 74.5 cm³/mol. The molecule has 0 bridgehead atoms. The van der Waals surface area contributed by atoms with Crippen molar-refractivity contribution in [1.82, 2.24) is 5.01 Å². The molecule has 0 aliphatic carbocycles. The Morgan fingerprint density at radius 2 is 1.72 bits per heavy atom. The maximum atomic E-state index is 12.2. The summed E-state index contributed by atoms with van der Waals surface area (Å²) >= 11 is 0. The van der Waals surface area contributed by atoms with Crippen LogP contribution in [-0.4, -0.2) is 10.9 Å². The summed E-state index contributed by atoms with van der Waals surface area (Å²) in [6.45, 7) is 4.70. The minimum absolute atomic E-state index is 0.0718. The summed E-state index contributed by atoms with van der Waals surface area (Å²) in [4.78, 5) is 12.2. The van der Waals surface area contributed by atoms with Gasteiger partial charge < -0.3 is 0 Å². The van der Waals surface area contributed by atoms with E-state index in [1.54, 1.807) is 0 Å². The van der Waals surface area contributed by atoms with E-state index in [1.807, 2.05) is 30.3 Å². The van der Waals surface area contributed by atoms with E-state index in [2.05, 4.69) is 13.8 Å². The molecule has 0 aliphatic heterocycles. The molecule has 3 heteroatoms. The summed E-state index contributed by atoms with van der Waals surface area (Å²) in [6, 6.07) is 9.86. The summed E-state index contributed by atoms with van der Waals surface area (Å²) < 4.78 is 0. The molecule has 0 saturated heterocycles. The van der Waals surface area contributed by atoms with E-state index >= 15 is 0 Å². The van der Waals surface area contributed by atoms with E-state index in [9.17, 15) is 4.79 Å². The van der Waals surface area contributed by atoms with Crippen LogP contribution < -0.4 is 5.84 Å². The second-order valence-corrected chi connectivity index (χ2v) is 4.73. The van der Waals surface area contributed by atoms with Crippen LogP contribution in [0.25, 0.3) is 0 Å². The number of benzene rings is 1. The highest BCUT2D eigenvalue weighted by Crippen LogP contribution is 2.16. The Morgan fingerprint density at radius 3 is 2.22 bits per heavy atom. The van der Waals surface area contributed by atoms with Crippen LogP contribution in [-0.2, 0) is 11.3 Å². The first-order chi connectivity index (χ1) is 8.69. The lowest BCUT2D eigenvalue weighted by Gasteiger charge is -2.23. The SMILES string of the molecule is CCCC(CCC)C(=O)N(N)Cc1ccccc1. The number of hydrogen-bond acceptors (Lipinski definition) is 2. The molecular weight excluding hydrogens is 224 g/mol. The topological polar surface area (TPSA) is 46.3 Å². The molecule has 1 aromatic carbocycles. The molecule has 2 N–H and O–H groups in total. The van der Waals surface area contributed by atoms with Gasteiger partial charge in [-0.3, -0.25) is 9.80 Å². The average Bonchev–Trinajstić information content (AvgIpc) is 2.39. The number of hydrogen-bond donors (Lipinski definition) is 1. The number of carbonyl (C=O) groups excluding carboxylic acids is 1. The lowest BCUT2D eigenvalue weighted by molar-refractivity contribution is -0.137. The monoisotopic (exact) mass is 248 g/mol. The average molecular weight is 248 g/mol. The molecule has 0 heterocycles. The van der Waals surface area contributed by atoms with Gasteiger partial charge in [-0.25, -0.2) is 5.84 Å². The molecule has 0 saturated carbocycles. The smallest absolute Gasteiger partial charge is 0.239 e. The third-order valence-electron chi connectivity index (χ3n) is 3.10. The van der Waals surface area contributed by atoms with Crippen molar-refractivity contribution in [2.24, 2.45) is 11.8 Å². The second-order valence-electron chi connectivity index (χ2n) is 4.73. The molecule has 0 fully saturated rings. The fourth-order valence-electron chi connectivity index (χ4n) is 2.18. The van der Waals surface area contributed by atoms with Crippen molar-refractivity contribution in [2.45, 2.75) is 46.1 Å². The third-order valence-corrected chi connectivity index (χ3v) is 3.10. The molecule has 3 nitrogen and oxygen atoms in total. The predicted octanol–water partition coefficient (Wildman–Crippen LogP) is 3.11. The van der Waals surface area contributed by atoms with E-state index in [4.69, 9.17) is 5.84 Å². The maximum Gasteiger partial charge on any atom is 0.239 e. The van der Waals surface area contributed by atoms with Crippen molar-refractivity contribution in [2.75, 3.05) is 0 Å². The molecule has 1 aromatic rings. The van der Waals surface area contributed by atoms with Gasteiger partial charge in [0, 0.05) is 5.92 Å². The highest BCUT2D eigenvalue weighted by molar-refractivity contribution is 5.78. The Hall–Kier alpha value is -1.35. The Labute approximate surface area is 110 Å². The summed E-state index contributed by atoms with van der Waals surface area (Å²) in [7, 11) is 0. The normalized spacial score (nSPS) is 10.7. The van der Waals surface area contributed by atoms with Crippen LogP contribution in [0.4, 0.5) is 0 Å². The molecule has 100 valence electrons. The first-order valence-corrected chi connectivity index (χ1v) is 6.79. The van der Waals surface area contributed by atoms with E-state index in [0.717, 1.165) is 31.2 Å². The van der Waals surface area contributed by atoms with Gasteiger partial charge in [0.05, 0.1) is 6.54 Å². The van der Waals surface area contributed by atoms with Crippen LogP contribution in [0.3, 0.4) is 0 Å². The Kier molecular flexibility index (Phi) is 6.44. The number of amides is 1. The van der Waals surface area contributed by atoms with Crippen LogP contribution in [0.5, 0.6) is 0 Å². The van der Waals surface area contributed by atoms with Crippen molar-refractivity contribution in [1.29, 1.82) is 0 Å². The van der Waals surface area contributed by atoms with Crippen LogP contribution in [0, 0.1) is 5.92 Å². The van der Waals surface area contributed by atoms with Crippen LogP contribution in [0.15, 0.2) is 30.3 Å². The molecule has 0 atom stereocenters. The quantitative estimate of drug-likeness (QED) is 0.458. The van der Waals surface area contributed by atoms with Gasteiger partial charge in [-0.15, -0.1) is 0 Å². The number of nitrogens with zero attached hydrogens (tertiary/aromatic N) is 1. The number of carbonyl (C=O) groups is 1. The fourth-order valence-corrected chi connectivity index (χ4v) is 2.18. The Morgan fingerprint density at radius 1 is 1.17 bits per heavy atom. The Balaban J connectivity index is 2.58. The van der Waals surface area contributed by atoms with Gasteiger partial charge >= 0.3 is 0 Å². The van der Waals surface area contributed by atoms with Gasteiger partial charge in [-0.2, -0.15) is 0 Å². The maximum absolute atomic E-state index is 12.2. The van der Waals surface area contributed by atoms with Gasteiger partial charge in [0.15, 0.2) is 0 Å². The van der Waals surface area contributed by atoms with Gasteiger partial charge in [0.25, 0.3) is 0 Å². The number of rotatable bonds is 7. The van der Waals surface area contributed by atoms with Gasteiger partial charge in [-0.05, 0) is 18.4 Å². The zero-order chi connectivity index (χ0) is 13.4. The van der Waals surface area contributed by atoms with Gasteiger partial charge in [0.1, 0.15) is 0 Å². The number of nitrogens with two attached hydrogens (primary N) is 1. The lowest BCUT2D eigenvalue weighted by Crippen LogP contribution is -2.40. The highest BCUT2D eigenvalue weighted by atomic mass is 16.2. The van der Waals surface area contributed by atoms with Crippen molar-refractivity contribution in [3.63, 3.8) is 0 Å². The summed E-state index contributed by atoms with van der Waals surface area (Å²) in [6.07, 6.45) is 3.90. The van der Waals surface area contributed by atoms with E-state index in [1.165, 1.54) is 5.01 Å². The van der Waals surface area contributed by atoms with Crippen molar-refractivity contribution in [3.8, 4) is 0 Å². The lowest BCUT2D eigenvalue weighted by atomic mass is 9.97. The van der Waals surface area contributed by atoms with Gasteiger partial charge in [-0.1, -0.05) is 57.0 Å². The minimum Gasteiger partial charge on any atom is -0.276 e. The standard InChI is InChI=1S/C15H24N2O/c1-3-8-14(9-4-2)15(18)17(16)12-13-10-6-5-7-11-13/h5-7,10-11,14H,3-4,8-9,12,16H2,1-2H3. The zero-order valence-electron chi connectivity index (χ0n) is 11.4. The first kappa shape index (κ1) is 14.7. The molecule has 0 unspecified atom stereocenters. The van der Waals surface area contributed by atoms with Crippen LogP contribution >= 0.6 is 0 Å². The van der Waals surface area contributed by atoms with Crippen molar-refractivity contribution in [3.05, 3.63) is 35.9 Å². The molecule has 0 spiro atoms. The van der Waals surface area contributed by atoms with E-state index in [-0.39, 0.29) is 11.8 Å². The molecule has 18 heavy (non-hydrogen) atoms. The minimum atomic E-state index is 0.0718. The zero-order valence-corrected chi connectivity index (χ0v) is 11.4. The highest BCUT2D eigenvalue weighted by Gasteiger charge is 2.20. The third kappa shape index (κ3) is 4.49. The summed E-state index contributed by atoms with van der Waals surface area (Å²) in [5.74, 6) is 6.04. The Bertz CT molecular complexity index is 345. The van der Waals surface area contributed by atoms with Crippen LogP contribution in [0.1, 0.15) is 45.1 Å². The second kappa shape index (κ2) is 7.88. The first-order valence-electron chi connectivity index (χ1n) is 6.79. The van der Waals surface area contributed by atoms with Crippen LogP contribution in [0.2, 0.25) is 0 Å². The molecule has 1 amide bonds. The fraction of sp³-hybridized carbons (Fsp3) is 0.533. The molecule has 1 rings (SSSR count). The van der Waals surface area contributed by atoms with Crippen molar-refractivity contribution < 1.29 is 4.79 Å². The van der Waals surface area contributed by atoms with E-state index in [0.29, 0.717) is 6.54 Å². The van der Waals surface area contributed by atoms with Crippen molar-refractivity contribution >= 4 is 5.91 Å². The van der Waals surface area contributed by atoms with Gasteiger partial charge in [0.2, 0.25) is 5.91 Å². The summed E-state index contributed by atoms with van der Waals surface area (Å²) in [5.41, 5.74) is 1.07. The molecule has 0 aromatic heterocycles. The van der Waals surface area contributed by atoms with E-state index < -0.39 is 0 Å². The molecule has 0 radical (unpaired) electrons. The largest absolute Gasteiger partial charge is 0.276 e. The summed E-state index contributed by atoms with van der Waals surface area (Å²) in [5, 5.41) is 1.37. The number of hydrazine groups is 1. The molecule has 0 aliphatic rings.